The summed E-state index contributed by atoms with van der Waals surface area (Å²) in [6.07, 6.45) is -0.295. The van der Waals surface area contributed by atoms with Gasteiger partial charge in [-0.05, 0) is 25.0 Å². The highest BCUT2D eigenvalue weighted by Crippen LogP contribution is 2.31. The standard InChI is InChI=1S/C19H22N4O/c1-14(2)22-13-17(15-9-5-3-6-10-15)21-23(19(20)24)18(22)16-11-7-4-8-12-16/h3-12,14,18H,13H2,1-2H3,(H2,20,24). The summed E-state index contributed by atoms with van der Waals surface area (Å²) in [4.78, 5) is 14.3. The van der Waals surface area contributed by atoms with Crippen molar-refractivity contribution in [2.45, 2.75) is 26.1 Å². The average Bonchev–Trinajstić information content (AvgIpc) is 2.62. The van der Waals surface area contributed by atoms with Crippen LogP contribution in [0.5, 0.6) is 0 Å². The molecule has 0 spiro atoms. The van der Waals surface area contributed by atoms with Crippen molar-refractivity contribution in [1.82, 2.24) is 9.91 Å². The molecule has 0 aromatic heterocycles. The molecule has 1 atom stereocenters. The number of rotatable bonds is 3. The molecule has 1 unspecified atom stereocenters. The Morgan fingerprint density at radius 2 is 1.67 bits per heavy atom. The number of carbonyl (C=O) groups is 1. The molecule has 5 heteroatoms. The van der Waals surface area contributed by atoms with Crippen molar-refractivity contribution in [2.75, 3.05) is 6.54 Å². The summed E-state index contributed by atoms with van der Waals surface area (Å²) in [7, 11) is 0. The lowest BCUT2D eigenvalue weighted by Gasteiger charge is -2.42. The number of hydrogen-bond donors (Lipinski definition) is 1. The van der Waals surface area contributed by atoms with Crippen LogP contribution in [0.15, 0.2) is 65.8 Å². The first-order valence-corrected chi connectivity index (χ1v) is 8.10. The summed E-state index contributed by atoms with van der Waals surface area (Å²) in [5, 5.41) is 5.97. The molecule has 0 aliphatic carbocycles. The monoisotopic (exact) mass is 322 g/mol. The summed E-state index contributed by atoms with van der Waals surface area (Å²) in [5.41, 5.74) is 8.50. The molecule has 2 aromatic carbocycles. The summed E-state index contributed by atoms with van der Waals surface area (Å²) in [6, 6.07) is 19.5. The molecule has 1 aliphatic heterocycles. The van der Waals surface area contributed by atoms with Gasteiger partial charge in [-0.3, -0.25) is 4.90 Å². The van der Waals surface area contributed by atoms with Gasteiger partial charge in [0.2, 0.25) is 0 Å². The van der Waals surface area contributed by atoms with E-state index in [1.807, 2.05) is 60.7 Å². The second kappa shape index (κ2) is 6.84. The first-order chi connectivity index (χ1) is 11.6. The minimum atomic E-state index is -0.553. The molecule has 124 valence electrons. The van der Waals surface area contributed by atoms with E-state index < -0.39 is 6.03 Å². The number of benzene rings is 2. The van der Waals surface area contributed by atoms with Crippen molar-refractivity contribution in [3.05, 3.63) is 71.8 Å². The van der Waals surface area contributed by atoms with E-state index in [0.717, 1.165) is 16.8 Å². The van der Waals surface area contributed by atoms with E-state index in [2.05, 4.69) is 23.8 Å². The SMILES string of the molecule is CC(C)N1CC(c2ccccc2)=NN(C(N)=O)C1c1ccccc1. The summed E-state index contributed by atoms with van der Waals surface area (Å²) in [6.45, 7) is 4.89. The van der Waals surface area contributed by atoms with Crippen LogP contribution in [0.4, 0.5) is 4.79 Å². The number of amides is 2. The predicted octanol–water partition coefficient (Wildman–Crippen LogP) is 3.19. The predicted molar refractivity (Wildman–Crippen MR) is 95.4 cm³/mol. The van der Waals surface area contributed by atoms with E-state index in [9.17, 15) is 4.79 Å². The summed E-state index contributed by atoms with van der Waals surface area (Å²) in [5.74, 6) is 0. The van der Waals surface area contributed by atoms with E-state index in [1.54, 1.807) is 0 Å². The number of hydrogen-bond acceptors (Lipinski definition) is 3. The van der Waals surface area contributed by atoms with E-state index in [1.165, 1.54) is 5.01 Å². The Labute approximate surface area is 142 Å². The lowest BCUT2D eigenvalue weighted by atomic mass is 10.0. The van der Waals surface area contributed by atoms with Crippen LogP contribution in [0, 0.1) is 0 Å². The molecule has 0 saturated heterocycles. The second-order valence-electron chi connectivity index (χ2n) is 6.15. The van der Waals surface area contributed by atoms with Gasteiger partial charge in [0.05, 0.1) is 5.71 Å². The number of nitrogens with two attached hydrogens (primary N) is 1. The third-order valence-corrected chi connectivity index (χ3v) is 4.20. The maximum absolute atomic E-state index is 12.1. The maximum Gasteiger partial charge on any atom is 0.337 e. The van der Waals surface area contributed by atoms with E-state index in [4.69, 9.17) is 5.73 Å². The Kier molecular flexibility index (Phi) is 4.62. The van der Waals surface area contributed by atoms with Crippen LogP contribution in [0.2, 0.25) is 0 Å². The Morgan fingerprint density at radius 1 is 1.08 bits per heavy atom. The van der Waals surface area contributed by atoms with Gasteiger partial charge in [-0.1, -0.05) is 60.7 Å². The molecule has 2 N–H and O–H groups in total. The van der Waals surface area contributed by atoms with E-state index in [0.29, 0.717) is 6.54 Å². The Hall–Kier alpha value is -2.66. The van der Waals surface area contributed by atoms with Crippen molar-refractivity contribution in [3.63, 3.8) is 0 Å². The van der Waals surface area contributed by atoms with Crippen LogP contribution in [0.3, 0.4) is 0 Å². The molecule has 0 fully saturated rings. The van der Waals surface area contributed by atoms with Crippen molar-refractivity contribution >= 4 is 11.7 Å². The highest BCUT2D eigenvalue weighted by molar-refractivity contribution is 6.03. The first kappa shape index (κ1) is 16.2. The molecule has 3 rings (SSSR count). The summed E-state index contributed by atoms with van der Waals surface area (Å²) >= 11 is 0. The van der Waals surface area contributed by atoms with Gasteiger partial charge in [0.15, 0.2) is 0 Å². The van der Waals surface area contributed by atoms with Gasteiger partial charge in [-0.2, -0.15) is 10.1 Å². The zero-order chi connectivity index (χ0) is 17.1. The van der Waals surface area contributed by atoms with Gasteiger partial charge in [0.25, 0.3) is 0 Å². The number of nitrogens with zero attached hydrogens (tertiary/aromatic N) is 3. The second-order valence-corrected chi connectivity index (χ2v) is 6.15. The Bertz CT molecular complexity index is 728. The highest BCUT2D eigenvalue weighted by atomic mass is 16.2. The van der Waals surface area contributed by atoms with E-state index >= 15 is 0 Å². The molecule has 24 heavy (non-hydrogen) atoms. The fraction of sp³-hybridized carbons (Fsp3) is 0.263. The zero-order valence-electron chi connectivity index (χ0n) is 14.0. The minimum absolute atomic E-state index is 0.228. The van der Waals surface area contributed by atoms with Crippen LogP contribution in [0.1, 0.15) is 31.1 Å². The lowest BCUT2D eigenvalue weighted by molar-refractivity contribution is 0.0466. The first-order valence-electron chi connectivity index (χ1n) is 8.10. The topological polar surface area (TPSA) is 61.9 Å². The van der Waals surface area contributed by atoms with Crippen LogP contribution >= 0.6 is 0 Å². The normalized spacial score (nSPS) is 18.5. The number of primary amides is 1. The maximum atomic E-state index is 12.1. The van der Waals surface area contributed by atoms with Gasteiger partial charge in [0, 0.05) is 12.6 Å². The number of hydrazone groups is 1. The molecule has 1 aliphatic rings. The molecule has 0 saturated carbocycles. The molecule has 0 bridgehead atoms. The molecule has 2 aromatic rings. The Balaban J connectivity index is 2.08. The number of carbonyl (C=O) groups excluding carboxylic acids is 1. The average molecular weight is 322 g/mol. The molecular weight excluding hydrogens is 300 g/mol. The molecule has 1 heterocycles. The van der Waals surface area contributed by atoms with Crippen LogP contribution < -0.4 is 5.73 Å². The Morgan fingerprint density at radius 3 is 2.21 bits per heavy atom. The van der Waals surface area contributed by atoms with E-state index in [-0.39, 0.29) is 12.2 Å². The quantitative estimate of drug-likeness (QED) is 0.943. The van der Waals surface area contributed by atoms with Crippen molar-refractivity contribution in [1.29, 1.82) is 0 Å². The van der Waals surface area contributed by atoms with Gasteiger partial charge in [0.1, 0.15) is 6.17 Å². The van der Waals surface area contributed by atoms with Gasteiger partial charge < -0.3 is 5.73 Å². The van der Waals surface area contributed by atoms with Crippen LogP contribution in [-0.4, -0.2) is 34.2 Å². The van der Waals surface area contributed by atoms with Crippen molar-refractivity contribution in [3.8, 4) is 0 Å². The van der Waals surface area contributed by atoms with Crippen LogP contribution in [0.25, 0.3) is 0 Å². The molecule has 2 amide bonds. The van der Waals surface area contributed by atoms with Crippen molar-refractivity contribution in [2.24, 2.45) is 10.8 Å². The van der Waals surface area contributed by atoms with Crippen LogP contribution in [-0.2, 0) is 0 Å². The van der Waals surface area contributed by atoms with Crippen molar-refractivity contribution < 1.29 is 4.79 Å². The number of urea groups is 1. The van der Waals surface area contributed by atoms with Gasteiger partial charge in [-0.15, -0.1) is 0 Å². The zero-order valence-corrected chi connectivity index (χ0v) is 14.0. The lowest BCUT2D eigenvalue weighted by Crippen LogP contribution is -2.52. The largest absolute Gasteiger partial charge is 0.350 e. The minimum Gasteiger partial charge on any atom is -0.350 e. The summed E-state index contributed by atoms with van der Waals surface area (Å²) < 4.78 is 0. The molecule has 5 nitrogen and oxygen atoms in total. The fourth-order valence-corrected chi connectivity index (χ4v) is 2.99. The third kappa shape index (κ3) is 3.16. The highest BCUT2D eigenvalue weighted by Gasteiger charge is 2.36. The molecule has 0 radical (unpaired) electrons. The fourth-order valence-electron chi connectivity index (χ4n) is 2.99. The van der Waals surface area contributed by atoms with Gasteiger partial charge in [-0.25, -0.2) is 4.79 Å². The smallest absolute Gasteiger partial charge is 0.337 e. The van der Waals surface area contributed by atoms with Gasteiger partial charge >= 0.3 is 6.03 Å². The molecular formula is C19H22N4O. The third-order valence-electron chi connectivity index (χ3n) is 4.20.